The average Bonchev–Trinajstić information content (AvgIpc) is 1.96. The zero-order valence-electron chi connectivity index (χ0n) is 9.11. The molecular formula is C9H20ClN3. The Labute approximate surface area is 87.4 Å². The molecule has 0 saturated heterocycles. The van der Waals surface area contributed by atoms with Gasteiger partial charge in [-0.3, -0.25) is 4.90 Å². The lowest BCUT2D eigenvalue weighted by molar-refractivity contribution is 0.296. The predicted molar refractivity (Wildman–Crippen MR) is 60.0 cm³/mol. The summed E-state index contributed by atoms with van der Waals surface area (Å²) >= 11 is 0. The number of nitrogens with zero attached hydrogens (tertiary/aromatic N) is 3. The van der Waals surface area contributed by atoms with Crippen LogP contribution in [0.4, 0.5) is 0 Å². The highest BCUT2D eigenvalue weighted by molar-refractivity contribution is 5.85. The number of hydrogen-bond acceptors (Lipinski definition) is 3. The van der Waals surface area contributed by atoms with Crippen molar-refractivity contribution in [3.8, 4) is 0 Å². The van der Waals surface area contributed by atoms with Gasteiger partial charge in [-0.25, -0.2) is 9.98 Å². The van der Waals surface area contributed by atoms with Crippen LogP contribution in [-0.2, 0) is 0 Å². The molecule has 0 aliphatic carbocycles. The highest BCUT2D eigenvalue weighted by Crippen LogP contribution is 1.98. The molecule has 0 aromatic heterocycles. The Balaban J connectivity index is 0. The van der Waals surface area contributed by atoms with Gasteiger partial charge in [-0.2, -0.15) is 0 Å². The lowest BCUT2D eigenvalue weighted by Crippen LogP contribution is -2.24. The molecule has 1 unspecified atom stereocenters. The molecule has 4 heteroatoms. The van der Waals surface area contributed by atoms with Crippen LogP contribution in [0.25, 0.3) is 0 Å². The zero-order valence-corrected chi connectivity index (χ0v) is 9.93. The first-order valence-electron chi connectivity index (χ1n) is 4.39. The summed E-state index contributed by atoms with van der Waals surface area (Å²) < 4.78 is 0. The Morgan fingerprint density at radius 2 is 1.77 bits per heavy atom. The second-order valence-electron chi connectivity index (χ2n) is 3.30. The maximum absolute atomic E-state index is 4.19. The fourth-order valence-electron chi connectivity index (χ4n) is 0.787. The summed E-state index contributed by atoms with van der Waals surface area (Å²) in [6.45, 7) is 6.13. The summed E-state index contributed by atoms with van der Waals surface area (Å²) in [5, 5.41) is 0. The molecule has 0 fully saturated rings. The van der Waals surface area contributed by atoms with Gasteiger partial charge in [-0.1, -0.05) is 6.92 Å². The van der Waals surface area contributed by atoms with E-state index in [1.807, 2.05) is 27.9 Å². The minimum absolute atomic E-state index is 0. The third-order valence-corrected chi connectivity index (χ3v) is 1.48. The molecule has 3 nitrogen and oxygen atoms in total. The van der Waals surface area contributed by atoms with Crippen LogP contribution in [0.5, 0.6) is 0 Å². The molecule has 0 spiro atoms. The predicted octanol–water partition coefficient (Wildman–Crippen LogP) is 2.29. The molecule has 0 aliphatic heterocycles. The second-order valence-corrected chi connectivity index (χ2v) is 3.30. The van der Waals surface area contributed by atoms with Crippen LogP contribution < -0.4 is 0 Å². The molecule has 0 radical (unpaired) electrons. The first kappa shape index (κ1) is 15.1. The van der Waals surface area contributed by atoms with Crippen LogP contribution in [-0.4, -0.2) is 37.2 Å². The normalized spacial score (nSPS) is 11.9. The number of halogens is 1. The van der Waals surface area contributed by atoms with Crippen LogP contribution in [0.1, 0.15) is 27.2 Å². The van der Waals surface area contributed by atoms with E-state index in [9.17, 15) is 0 Å². The first-order chi connectivity index (χ1) is 5.57. The van der Waals surface area contributed by atoms with E-state index in [1.54, 1.807) is 0 Å². The van der Waals surface area contributed by atoms with E-state index < -0.39 is 0 Å². The van der Waals surface area contributed by atoms with Crippen molar-refractivity contribution in [3.05, 3.63) is 0 Å². The van der Waals surface area contributed by atoms with Gasteiger partial charge in [-0.15, -0.1) is 12.4 Å². The zero-order chi connectivity index (χ0) is 9.56. The van der Waals surface area contributed by atoms with Gasteiger partial charge in [0.25, 0.3) is 0 Å². The van der Waals surface area contributed by atoms with Gasteiger partial charge in [0.1, 0.15) is 6.17 Å². The molecule has 0 aliphatic rings. The van der Waals surface area contributed by atoms with Gasteiger partial charge >= 0.3 is 0 Å². The number of rotatable bonds is 4. The molecule has 0 aromatic carbocycles. The lowest BCUT2D eigenvalue weighted by atomic mass is 10.4. The second kappa shape index (κ2) is 8.24. The van der Waals surface area contributed by atoms with Gasteiger partial charge in [0.2, 0.25) is 0 Å². The summed E-state index contributed by atoms with van der Waals surface area (Å²) in [5.74, 6) is 0. The quantitative estimate of drug-likeness (QED) is 0.648. The standard InChI is InChI=1S/C9H19N3.ClH/c1-6-9(12(4)5)11-7-10-8(2)3;/h8-9H,6H2,1-5H3;1H. The fourth-order valence-corrected chi connectivity index (χ4v) is 0.787. The van der Waals surface area contributed by atoms with Gasteiger partial charge in [-0.05, 0) is 34.4 Å². The molecule has 0 aromatic rings. The first-order valence-corrected chi connectivity index (χ1v) is 4.39. The Kier molecular flexibility index (Phi) is 9.58. The Bertz CT molecular complexity index is 172. The van der Waals surface area contributed by atoms with E-state index in [2.05, 4.69) is 27.8 Å². The minimum Gasteiger partial charge on any atom is -0.287 e. The van der Waals surface area contributed by atoms with E-state index in [1.165, 1.54) is 0 Å². The van der Waals surface area contributed by atoms with Crippen LogP contribution in [0.3, 0.4) is 0 Å². The molecular weight excluding hydrogens is 186 g/mol. The van der Waals surface area contributed by atoms with Gasteiger partial charge < -0.3 is 0 Å². The van der Waals surface area contributed by atoms with Crippen molar-refractivity contribution in [3.63, 3.8) is 0 Å². The third-order valence-electron chi connectivity index (χ3n) is 1.48. The molecule has 0 heterocycles. The third kappa shape index (κ3) is 7.97. The summed E-state index contributed by atoms with van der Waals surface area (Å²) in [6.07, 6.45) is 1.21. The summed E-state index contributed by atoms with van der Waals surface area (Å²) in [6, 6.07) is 3.01. The summed E-state index contributed by atoms with van der Waals surface area (Å²) in [5.41, 5.74) is 0. The van der Waals surface area contributed by atoms with Gasteiger partial charge in [0.05, 0.1) is 12.1 Å². The van der Waals surface area contributed by atoms with Gasteiger partial charge in [0.15, 0.2) is 0 Å². The lowest BCUT2D eigenvalue weighted by Gasteiger charge is -2.16. The van der Waals surface area contributed by atoms with E-state index in [0.717, 1.165) is 6.42 Å². The Hall–Kier alpha value is -0.370. The van der Waals surface area contributed by atoms with Crippen molar-refractivity contribution < 1.29 is 0 Å². The van der Waals surface area contributed by atoms with Crippen LogP contribution in [0.2, 0.25) is 0 Å². The number of aliphatic imine (C=N–C) groups is 2. The largest absolute Gasteiger partial charge is 0.287 e. The van der Waals surface area contributed by atoms with Crippen molar-refractivity contribution in [1.29, 1.82) is 0 Å². The minimum atomic E-state index is 0. The highest BCUT2D eigenvalue weighted by atomic mass is 35.5. The SMILES string of the molecule is CCC(N=C=NC(C)C)N(C)C.Cl. The molecule has 0 amide bonds. The molecule has 78 valence electrons. The van der Waals surface area contributed by atoms with E-state index >= 15 is 0 Å². The Morgan fingerprint density at radius 1 is 1.23 bits per heavy atom. The maximum atomic E-state index is 4.19. The molecule has 0 bridgehead atoms. The van der Waals surface area contributed by atoms with E-state index in [4.69, 9.17) is 0 Å². The van der Waals surface area contributed by atoms with Crippen LogP contribution in [0, 0.1) is 0 Å². The highest BCUT2D eigenvalue weighted by Gasteiger charge is 2.03. The fraction of sp³-hybridized carbons (Fsp3) is 0.889. The van der Waals surface area contributed by atoms with Gasteiger partial charge in [0, 0.05) is 0 Å². The van der Waals surface area contributed by atoms with Crippen molar-refractivity contribution in [2.75, 3.05) is 14.1 Å². The molecule has 0 saturated carbocycles. The Morgan fingerprint density at radius 3 is 2.08 bits per heavy atom. The summed E-state index contributed by atoms with van der Waals surface area (Å²) in [4.78, 5) is 10.3. The van der Waals surface area contributed by atoms with Crippen LogP contribution >= 0.6 is 12.4 Å². The van der Waals surface area contributed by atoms with Crippen LogP contribution in [0.15, 0.2) is 9.98 Å². The summed E-state index contributed by atoms with van der Waals surface area (Å²) in [7, 11) is 4.02. The van der Waals surface area contributed by atoms with Crippen molar-refractivity contribution in [1.82, 2.24) is 4.90 Å². The van der Waals surface area contributed by atoms with E-state index in [0.29, 0.717) is 0 Å². The average molecular weight is 206 g/mol. The monoisotopic (exact) mass is 205 g/mol. The van der Waals surface area contributed by atoms with Crippen molar-refractivity contribution >= 4 is 18.4 Å². The van der Waals surface area contributed by atoms with Crippen molar-refractivity contribution in [2.45, 2.75) is 39.4 Å². The number of hydrogen-bond donors (Lipinski definition) is 0. The molecule has 1 atom stereocenters. The maximum Gasteiger partial charge on any atom is 0.112 e. The van der Waals surface area contributed by atoms with E-state index in [-0.39, 0.29) is 24.6 Å². The smallest absolute Gasteiger partial charge is 0.112 e. The molecule has 13 heavy (non-hydrogen) atoms. The topological polar surface area (TPSA) is 28.0 Å². The van der Waals surface area contributed by atoms with Crippen molar-refractivity contribution in [2.24, 2.45) is 9.98 Å². The molecule has 0 N–H and O–H groups in total. The molecule has 0 rings (SSSR count).